The maximum atomic E-state index is 14.2. The summed E-state index contributed by atoms with van der Waals surface area (Å²) in [6, 6.07) is 12.1. The molecule has 3 heterocycles. The summed E-state index contributed by atoms with van der Waals surface area (Å²) >= 11 is 0. The number of carbonyl (C=O) groups is 1. The number of aryl methyl sites for hydroxylation is 1. The average molecular weight is 405 g/mol. The van der Waals surface area contributed by atoms with Crippen molar-refractivity contribution >= 4 is 22.9 Å². The molecular weight excluding hydrogens is 389 g/mol. The monoisotopic (exact) mass is 405 g/mol. The van der Waals surface area contributed by atoms with Crippen molar-refractivity contribution in [3.05, 3.63) is 98.1 Å². The molecule has 0 radical (unpaired) electrons. The van der Waals surface area contributed by atoms with Gasteiger partial charge in [0.15, 0.2) is 0 Å². The van der Waals surface area contributed by atoms with E-state index in [9.17, 15) is 18.8 Å². The summed E-state index contributed by atoms with van der Waals surface area (Å²) in [6.07, 6.45) is 1.51. The molecule has 4 rings (SSSR count). The van der Waals surface area contributed by atoms with Crippen LogP contribution in [0.5, 0.6) is 0 Å². The molecule has 0 saturated carbocycles. The van der Waals surface area contributed by atoms with E-state index in [0.29, 0.717) is 16.7 Å². The molecule has 1 aromatic carbocycles. The lowest BCUT2D eigenvalue weighted by Crippen LogP contribution is -2.31. The quantitative estimate of drug-likeness (QED) is 0.541. The number of aromatic nitrogens is 4. The lowest BCUT2D eigenvalue weighted by Gasteiger charge is -2.13. The van der Waals surface area contributed by atoms with Crippen LogP contribution in [0.2, 0.25) is 0 Å². The van der Waals surface area contributed by atoms with Gasteiger partial charge in [0.2, 0.25) is 5.95 Å². The first-order chi connectivity index (χ1) is 14.4. The number of nitrogens with zero attached hydrogens (tertiary/aromatic N) is 3. The van der Waals surface area contributed by atoms with Crippen LogP contribution >= 0.6 is 0 Å². The molecule has 9 heteroatoms. The third-order valence-electron chi connectivity index (χ3n) is 4.48. The Hall–Kier alpha value is -4.14. The van der Waals surface area contributed by atoms with E-state index in [2.05, 4.69) is 20.3 Å². The number of fused-ring (bicyclic) bond motifs is 1. The van der Waals surface area contributed by atoms with Crippen molar-refractivity contribution in [2.24, 2.45) is 0 Å². The highest BCUT2D eigenvalue weighted by atomic mass is 19.1. The van der Waals surface area contributed by atoms with E-state index in [1.54, 1.807) is 37.3 Å². The number of pyridine rings is 2. The van der Waals surface area contributed by atoms with E-state index in [4.69, 9.17) is 0 Å². The van der Waals surface area contributed by atoms with Crippen LogP contribution < -0.4 is 16.4 Å². The van der Waals surface area contributed by atoms with Gasteiger partial charge in [-0.25, -0.2) is 14.4 Å². The molecule has 1 amide bonds. The topological polar surface area (TPSA) is 110 Å². The molecule has 30 heavy (non-hydrogen) atoms. The molecular formula is C21H16FN5O3. The number of benzene rings is 1. The Labute approximate surface area is 169 Å². The third-order valence-corrected chi connectivity index (χ3v) is 4.48. The minimum atomic E-state index is -0.748. The van der Waals surface area contributed by atoms with Crippen LogP contribution in [0, 0.1) is 12.7 Å². The number of aromatic amines is 1. The predicted octanol–water partition coefficient (Wildman–Crippen LogP) is 2.23. The molecule has 0 atom stereocenters. The van der Waals surface area contributed by atoms with Gasteiger partial charge in [0.1, 0.15) is 17.0 Å². The van der Waals surface area contributed by atoms with Crippen LogP contribution in [0.1, 0.15) is 21.6 Å². The molecule has 2 N–H and O–H groups in total. The lowest BCUT2D eigenvalue weighted by molar-refractivity contribution is 0.102. The van der Waals surface area contributed by atoms with Crippen LogP contribution in [-0.4, -0.2) is 25.4 Å². The second kappa shape index (κ2) is 7.70. The van der Waals surface area contributed by atoms with Crippen molar-refractivity contribution in [1.82, 2.24) is 19.5 Å². The van der Waals surface area contributed by atoms with Gasteiger partial charge in [-0.15, -0.1) is 0 Å². The van der Waals surface area contributed by atoms with Crippen molar-refractivity contribution in [1.29, 1.82) is 0 Å². The zero-order valence-electron chi connectivity index (χ0n) is 15.8. The number of anilines is 1. The van der Waals surface area contributed by atoms with Gasteiger partial charge in [-0.3, -0.25) is 29.3 Å². The molecule has 150 valence electrons. The minimum absolute atomic E-state index is 0.0728. The van der Waals surface area contributed by atoms with Gasteiger partial charge in [0.05, 0.1) is 6.54 Å². The standard InChI is InChI=1S/C21H16FN5O3/c1-12-9-17(28)25-21(24-12)26-19(29)15-10-13-6-4-8-23-18(13)27(20(15)30)11-14-5-2-3-7-16(14)22/h2-10H,11H2,1H3,(H2,24,25,26,28,29). The number of amides is 1. The van der Waals surface area contributed by atoms with Crippen LogP contribution in [0.15, 0.2) is 64.3 Å². The fourth-order valence-corrected chi connectivity index (χ4v) is 3.13. The second-order valence-electron chi connectivity index (χ2n) is 6.65. The Kier molecular flexibility index (Phi) is 4.93. The van der Waals surface area contributed by atoms with Gasteiger partial charge in [-0.2, -0.15) is 0 Å². The highest BCUT2D eigenvalue weighted by Crippen LogP contribution is 2.15. The number of halogens is 1. The van der Waals surface area contributed by atoms with Crippen LogP contribution in [0.3, 0.4) is 0 Å². The zero-order valence-corrected chi connectivity index (χ0v) is 15.8. The Morgan fingerprint density at radius 3 is 2.73 bits per heavy atom. The van der Waals surface area contributed by atoms with Gasteiger partial charge >= 0.3 is 0 Å². The van der Waals surface area contributed by atoms with Crippen LogP contribution in [0.25, 0.3) is 11.0 Å². The molecule has 0 spiro atoms. The fraction of sp³-hybridized carbons (Fsp3) is 0.0952. The average Bonchev–Trinajstić information content (AvgIpc) is 2.70. The molecule has 8 nitrogen and oxygen atoms in total. The van der Waals surface area contributed by atoms with Crippen LogP contribution in [-0.2, 0) is 6.54 Å². The number of nitrogens with one attached hydrogen (secondary N) is 2. The first-order valence-corrected chi connectivity index (χ1v) is 9.03. The molecule has 0 aliphatic rings. The molecule has 0 fully saturated rings. The van der Waals surface area contributed by atoms with Gasteiger partial charge in [0, 0.05) is 28.9 Å². The third kappa shape index (κ3) is 3.72. The first kappa shape index (κ1) is 19.2. The van der Waals surface area contributed by atoms with E-state index < -0.39 is 22.8 Å². The highest BCUT2D eigenvalue weighted by molar-refractivity contribution is 6.04. The first-order valence-electron chi connectivity index (χ1n) is 9.03. The van der Waals surface area contributed by atoms with E-state index in [-0.39, 0.29) is 23.6 Å². The molecule has 0 saturated heterocycles. The SMILES string of the molecule is Cc1cc(=O)[nH]c(NC(=O)c2cc3cccnc3n(Cc3ccccc3F)c2=O)n1. The maximum Gasteiger partial charge on any atom is 0.265 e. The van der Waals surface area contributed by atoms with E-state index >= 15 is 0 Å². The molecule has 0 bridgehead atoms. The molecule has 3 aromatic heterocycles. The summed E-state index contributed by atoms with van der Waals surface area (Å²) in [7, 11) is 0. The van der Waals surface area contributed by atoms with Crippen molar-refractivity contribution in [3.8, 4) is 0 Å². The number of H-pyrrole nitrogens is 1. The Morgan fingerprint density at radius 1 is 1.17 bits per heavy atom. The summed E-state index contributed by atoms with van der Waals surface area (Å²) in [4.78, 5) is 48.2. The second-order valence-corrected chi connectivity index (χ2v) is 6.65. The molecule has 0 aliphatic heterocycles. The summed E-state index contributed by atoms with van der Waals surface area (Å²) in [5.74, 6) is -1.29. The molecule has 0 unspecified atom stereocenters. The normalized spacial score (nSPS) is 10.9. The smallest absolute Gasteiger partial charge is 0.265 e. The van der Waals surface area contributed by atoms with Gasteiger partial charge in [0.25, 0.3) is 17.0 Å². The summed E-state index contributed by atoms with van der Waals surface area (Å²) in [5.41, 5.74) is -0.239. The van der Waals surface area contributed by atoms with Crippen molar-refractivity contribution < 1.29 is 9.18 Å². The molecule has 0 aliphatic carbocycles. The lowest BCUT2D eigenvalue weighted by atomic mass is 10.1. The maximum absolute atomic E-state index is 14.2. The Bertz CT molecular complexity index is 1390. The highest BCUT2D eigenvalue weighted by Gasteiger charge is 2.18. The van der Waals surface area contributed by atoms with Crippen molar-refractivity contribution in [2.45, 2.75) is 13.5 Å². The van der Waals surface area contributed by atoms with E-state index in [1.807, 2.05) is 0 Å². The number of hydrogen-bond acceptors (Lipinski definition) is 5. The predicted molar refractivity (Wildman–Crippen MR) is 109 cm³/mol. The number of carbonyl (C=O) groups excluding carboxylic acids is 1. The summed E-state index contributed by atoms with van der Waals surface area (Å²) in [5, 5.41) is 2.97. The van der Waals surface area contributed by atoms with Gasteiger partial charge in [-0.1, -0.05) is 18.2 Å². The van der Waals surface area contributed by atoms with E-state index in [0.717, 1.165) is 0 Å². The number of hydrogen-bond donors (Lipinski definition) is 2. The largest absolute Gasteiger partial charge is 0.292 e. The van der Waals surface area contributed by atoms with Crippen molar-refractivity contribution in [2.75, 3.05) is 5.32 Å². The van der Waals surface area contributed by atoms with Crippen molar-refractivity contribution in [3.63, 3.8) is 0 Å². The Morgan fingerprint density at radius 2 is 1.97 bits per heavy atom. The molecule has 4 aromatic rings. The summed E-state index contributed by atoms with van der Waals surface area (Å²) < 4.78 is 15.4. The van der Waals surface area contributed by atoms with Gasteiger partial charge < -0.3 is 0 Å². The van der Waals surface area contributed by atoms with Crippen LogP contribution in [0.4, 0.5) is 10.3 Å². The van der Waals surface area contributed by atoms with Gasteiger partial charge in [-0.05, 0) is 31.2 Å². The number of rotatable bonds is 4. The zero-order chi connectivity index (χ0) is 21.3. The van der Waals surface area contributed by atoms with E-state index in [1.165, 1.54) is 29.0 Å². The Balaban J connectivity index is 1.81. The fourth-order valence-electron chi connectivity index (χ4n) is 3.13. The summed E-state index contributed by atoms with van der Waals surface area (Å²) in [6.45, 7) is 1.51. The minimum Gasteiger partial charge on any atom is -0.292 e.